The summed E-state index contributed by atoms with van der Waals surface area (Å²) in [7, 11) is 1.52. The van der Waals surface area contributed by atoms with Gasteiger partial charge in [0.05, 0.1) is 4.92 Å². The zero-order valence-electron chi connectivity index (χ0n) is 11.0. The van der Waals surface area contributed by atoms with Gasteiger partial charge in [-0.15, -0.1) is 0 Å². The summed E-state index contributed by atoms with van der Waals surface area (Å²) in [4.78, 5) is 33.1. The normalized spacial score (nSPS) is 20.6. The van der Waals surface area contributed by atoms with E-state index in [0.29, 0.717) is 25.7 Å². The molecule has 1 aromatic rings. The molecule has 0 heterocycles. The number of rotatable bonds is 4. The van der Waals surface area contributed by atoms with Crippen LogP contribution >= 0.6 is 0 Å². The van der Waals surface area contributed by atoms with Crippen molar-refractivity contribution in [3.63, 3.8) is 0 Å². The fourth-order valence-corrected chi connectivity index (χ4v) is 2.63. The molecule has 0 fully saturated rings. The fraction of sp³-hybridized carbons (Fsp3) is 0.385. The molecule has 2 N–H and O–H groups in total. The van der Waals surface area contributed by atoms with Gasteiger partial charge in [-0.1, -0.05) is 6.07 Å². The van der Waals surface area contributed by atoms with E-state index in [9.17, 15) is 19.7 Å². The molecule has 0 aromatic heterocycles. The third-order valence-corrected chi connectivity index (χ3v) is 3.71. The molecule has 2 amide bonds. The van der Waals surface area contributed by atoms with Crippen LogP contribution in [0.5, 0.6) is 0 Å². The highest BCUT2D eigenvalue weighted by atomic mass is 16.6. The second-order valence-corrected chi connectivity index (χ2v) is 4.81. The Kier molecular flexibility index (Phi) is 3.69. The Morgan fingerprint density at radius 1 is 1.45 bits per heavy atom. The molecule has 7 heteroatoms. The summed E-state index contributed by atoms with van der Waals surface area (Å²) in [6, 6.07) is 4.60. The molecule has 0 radical (unpaired) electrons. The van der Waals surface area contributed by atoms with E-state index in [2.05, 4.69) is 10.6 Å². The number of benzene rings is 1. The number of carbonyl (C=O) groups is 2. The monoisotopic (exact) mass is 277 g/mol. The highest BCUT2D eigenvalue weighted by Gasteiger charge is 2.40. The predicted octanol–water partition coefficient (Wildman–Crippen LogP) is 0.314. The number of fused-ring (bicyclic) bond motifs is 1. The maximum absolute atomic E-state index is 12.0. The van der Waals surface area contributed by atoms with Crippen molar-refractivity contribution in [1.29, 1.82) is 0 Å². The van der Waals surface area contributed by atoms with E-state index in [1.165, 1.54) is 19.2 Å². The number of amides is 2. The van der Waals surface area contributed by atoms with Gasteiger partial charge < -0.3 is 10.6 Å². The summed E-state index contributed by atoms with van der Waals surface area (Å²) in [6.45, 7) is 0. The van der Waals surface area contributed by atoms with Gasteiger partial charge in [0, 0.05) is 25.6 Å². The topological polar surface area (TPSA) is 101 Å². The number of non-ortho nitro benzene ring substituents is 1. The smallest absolute Gasteiger partial charge is 0.269 e. The van der Waals surface area contributed by atoms with Crippen molar-refractivity contribution in [2.75, 3.05) is 7.05 Å². The molecule has 0 saturated heterocycles. The first-order valence-electron chi connectivity index (χ1n) is 6.22. The maximum atomic E-state index is 12.0. The molecule has 0 aliphatic heterocycles. The summed E-state index contributed by atoms with van der Waals surface area (Å²) >= 11 is 0. The molecule has 1 aliphatic carbocycles. The van der Waals surface area contributed by atoms with Gasteiger partial charge in [0.25, 0.3) is 5.69 Å². The van der Waals surface area contributed by atoms with Crippen LogP contribution in [-0.2, 0) is 22.4 Å². The van der Waals surface area contributed by atoms with Crippen molar-refractivity contribution >= 4 is 18.0 Å². The molecule has 0 bridgehead atoms. The highest BCUT2D eigenvalue weighted by Crippen LogP contribution is 2.31. The quantitative estimate of drug-likeness (QED) is 0.470. The Morgan fingerprint density at radius 2 is 2.20 bits per heavy atom. The molecular weight excluding hydrogens is 262 g/mol. The second kappa shape index (κ2) is 5.28. The van der Waals surface area contributed by atoms with E-state index in [4.69, 9.17) is 0 Å². The number of hydrogen-bond acceptors (Lipinski definition) is 4. The van der Waals surface area contributed by atoms with Gasteiger partial charge >= 0.3 is 0 Å². The van der Waals surface area contributed by atoms with Gasteiger partial charge in [0.1, 0.15) is 5.54 Å². The predicted molar refractivity (Wildman–Crippen MR) is 71.1 cm³/mol. The highest BCUT2D eigenvalue weighted by molar-refractivity contribution is 5.88. The van der Waals surface area contributed by atoms with Gasteiger partial charge in [0.2, 0.25) is 12.3 Å². The summed E-state index contributed by atoms with van der Waals surface area (Å²) in [5.41, 5.74) is 0.769. The maximum Gasteiger partial charge on any atom is 0.269 e. The van der Waals surface area contributed by atoms with Crippen LogP contribution in [0, 0.1) is 10.1 Å². The van der Waals surface area contributed by atoms with E-state index in [1.807, 2.05) is 0 Å². The van der Waals surface area contributed by atoms with E-state index in [1.54, 1.807) is 6.07 Å². The molecule has 20 heavy (non-hydrogen) atoms. The molecule has 1 aliphatic rings. The molecular formula is C13H15N3O4. The van der Waals surface area contributed by atoms with Gasteiger partial charge in [-0.05, 0) is 24.0 Å². The lowest BCUT2D eigenvalue weighted by Crippen LogP contribution is -2.59. The van der Waals surface area contributed by atoms with E-state index in [-0.39, 0.29) is 11.6 Å². The summed E-state index contributed by atoms with van der Waals surface area (Å²) in [5.74, 6) is -0.256. The van der Waals surface area contributed by atoms with Crippen LogP contribution in [0.3, 0.4) is 0 Å². The first-order chi connectivity index (χ1) is 9.52. The molecule has 0 saturated carbocycles. The standard InChI is InChI=1S/C13H15N3O4/c1-14-12(18)13(15-8-17)5-4-9-6-11(16(19)20)3-2-10(9)7-13/h2-3,6,8H,4-5,7H2,1H3,(H,14,18)(H,15,17). The molecule has 0 spiro atoms. The van der Waals surface area contributed by atoms with Crippen LogP contribution in [0.1, 0.15) is 17.5 Å². The molecule has 1 aromatic carbocycles. The van der Waals surface area contributed by atoms with E-state index < -0.39 is 10.5 Å². The van der Waals surface area contributed by atoms with Crippen molar-refractivity contribution < 1.29 is 14.5 Å². The van der Waals surface area contributed by atoms with Gasteiger partial charge in [-0.2, -0.15) is 0 Å². The van der Waals surface area contributed by atoms with E-state index >= 15 is 0 Å². The molecule has 1 unspecified atom stereocenters. The summed E-state index contributed by atoms with van der Waals surface area (Å²) < 4.78 is 0. The first kappa shape index (κ1) is 14.0. The second-order valence-electron chi connectivity index (χ2n) is 4.81. The lowest BCUT2D eigenvalue weighted by molar-refractivity contribution is -0.384. The minimum Gasteiger partial charge on any atom is -0.357 e. The van der Waals surface area contributed by atoms with E-state index in [0.717, 1.165) is 11.1 Å². The van der Waals surface area contributed by atoms with Crippen molar-refractivity contribution in [3.05, 3.63) is 39.4 Å². The Labute approximate surface area is 115 Å². The van der Waals surface area contributed by atoms with Gasteiger partial charge in [0.15, 0.2) is 0 Å². The molecule has 1 atom stereocenters. The van der Waals surface area contributed by atoms with Crippen LogP contribution in [0.4, 0.5) is 5.69 Å². The number of hydrogen-bond donors (Lipinski definition) is 2. The van der Waals surface area contributed by atoms with Crippen LogP contribution < -0.4 is 10.6 Å². The lowest BCUT2D eigenvalue weighted by Gasteiger charge is -2.35. The Morgan fingerprint density at radius 3 is 2.80 bits per heavy atom. The van der Waals surface area contributed by atoms with Crippen molar-refractivity contribution in [1.82, 2.24) is 10.6 Å². The van der Waals surface area contributed by atoms with Crippen LogP contribution in [0.15, 0.2) is 18.2 Å². The zero-order valence-corrected chi connectivity index (χ0v) is 11.0. The Hall–Kier alpha value is -2.44. The van der Waals surface area contributed by atoms with Crippen LogP contribution in [0.2, 0.25) is 0 Å². The summed E-state index contributed by atoms with van der Waals surface area (Å²) in [6.07, 6.45) is 1.77. The third kappa shape index (κ3) is 2.34. The Bertz CT molecular complexity index is 573. The van der Waals surface area contributed by atoms with Crippen molar-refractivity contribution in [2.24, 2.45) is 0 Å². The fourth-order valence-electron chi connectivity index (χ4n) is 2.63. The SMILES string of the molecule is CNC(=O)C1(NC=O)CCc2cc([N+](=O)[O-])ccc2C1. The number of aryl methyl sites for hydroxylation is 1. The zero-order chi connectivity index (χ0) is 14.8. The first-order valence-corrected chi connectivity index (χ1v) is 6.22. The number of nitro groups is 1. The minimum absolute atomic E-state index is 0.0412. The molecule has 7 nitrogen and oxygen atoms in total. The van der Waals surface area contributed by atoms with Gasteiger partial charge in [-0.25, -0.2) is 0 Å². The Balaban J connectivity index is 2.36. The van der Waals surface area contributed by atoms with Crippen LogP contribution in [-0.4, -0.2) is 29.8 Å². The van der Waals surface area contributed by atoms with Crippen molar-refractivity contribution in [3.8, 4) is 0 Å². The number of nitrogens with zero attached hydrogens (tertiary/aromatic N) is 1. The average Bonchev–Trinajstić information content (AvgIpc) is 2.45. The van der Waals surface area contributed by atoms with Crippen LogP contribution in [0.25, 0.3) is 0 Å². The average molecular weight is 277 g/mol. The molecule has 2 rings (SSSR count). The lowest BCUT2D eigenvalue weighted by atomic mass is 9.77. The number of carbonyl (C=O) groups excluding carboxylic acids is 2. The third-order valence-electron chi connectivity index (χ3n) is 3.71. The van der Waals surface area contributed by atoms with Gasteiger partial charge in [-0.3, -0.25) is 19.7 Å². The van der Waals surface area contributed by atoms with Crippen molar-refractivity contribution in [2.45, 2.75) is 24.8 Å². The number of likely N-dealkylation sites (N-methyl/N-ethyl adjacent to an activating group) is 1. The largest absolute Gasteiger partial charge is 0.357 e. The summed E-state index contributed by atoms with van der Waals surface area (Å²) in [5, 5.41) is 15.9. The minimum atomic E-state index is -0.973. The number of nitrogens with one attached hydrogen (secondary N) is 2. The molecule has 106 valence electrons. The number of nitro benzene ring substituents is 1.